The number of H-pyrrole nitrogens is 1. The van der Waals surface area contributed by atoms with Gasteiger partial charge in [0.05, 0.1) is 11.1 Å². The summed E-state index contributed by atoms with van der Waals surface area (Å²) in [6, 6.07) is 8.71. The van der Waals surface area contributed by atoms with E-state index in [9.17, 15) is 9.59 Å². The van der Waals surface area contributed by atoms with Crippen LogP contribution in [0.15, 0.2) is 49.3 Å². The molecular weight excluding hydrogens is 436 g/mol. The standard InChI is InChI=1S/C29H32N4O2/c1-4-10-20-22(17-30-24(20)5-2)26-27(29(35)31-28(26)34)23-18-33(25-13-7-6-12-21(23)25)16-14-19-11-8-9-15-32(19)3/h4-7,10,12-13,17-19,30H,2,8-9,11,14-16H2,1,3H3,(H,31,34,35)/b10-4-. The molecule has 2 N–H and O–H groups in total. The molecule has 180 valence electrons. The molecule has 6 heteroatoms. The number of para-hydroxylation sites is 1. The van der Waals surface area contributed by atoms with Crippen molar-refractivity contribution in [3.8, 4) is 0 Å². The molecule has 1 saturated heterocycles. The number of carbonyl (C=O) groups excluding carboxylic acids is 2. The zero-order valence-electron chi connectivity index (χ0n) is 20.4. The highest BCUT2D eigenvalue weighted by molar-refractivity contribution is 6.50. The molecule has 2 aliphatic heterocycles. The number of aromatic nitrogens is 2. The summed E-state index contributed by atoms with van der Waals surface area (Å²) in [7, 11) is 2.21. The Morgan fingerprint density at radius 2 is 1.89 bits per heavy atom. The minimum Gasteiger partial charge on any atom is -0.361 e. The van der Waals surface area contributed by atoms with E-state index < -0.39 is 0 Å². The molecule has 3 aromatic rings. The highest BCUT2D eigenvalue weighted by Gasteiger charge is 2.35. The van der Waals surface area contributed by atoms with Crippen LogP contribution in [0.3, 0.4) is 0 Å². The van der Waals surface area contributed by atoms with Gasteiger partial charge in [0.15, 0.2) is 0 Å². The molecule has 1 aromatic carbocycles. The number of aryl methyl sites for hydroxylation is 1. The van der Waals surface area contributed by atoms with E-state index in [1.54, 1.807) is 12.3 Å². The number of aromatic amines is 1. The van der Waals surface area contributed by atoms with Gasteiger partial charge in [-0.1, -0.05) is 43.4 Å². The van der Waals surface area contributed by atoms with E-state index in [1.807, 2.05) is 37.3 Å². The van der Waals surface area contributed by atoms with E-state index in [-0.39, 0.29) is 11.8 Å². The summed E-state index contributed by atoms with van der Waals surface area (Å²) in [6.07, 6.45) is 14.3. The lowest BCUT2D eigenvalue weighted by Crippen LogP contribution is -2.36. The zero-order valence-corrected chi connectivity index (χ0v) is 20.4. The van der Waals surface area contributed by atoms with Crippen LogP contribution < -0.4 is 5.32 Å². The summed E-state index contributed by atoms with van der Waals surface area (Å²) in [4.78, 5) is 31.9. The number of imide groups is 1. The summed E-state index contributed by atoms with van der Waals surface area (Å²) in [5, 5.41) is 3.52. The van der Waals surface area contributed by atoms with Crippen LogP contribution in [0, 0.1) is 0 Å². The van der Waals surface area contributed by atoms with Crippen LogP contribution >= 0.6 is 0 Å². The number of hydrogen-bond acceptors (Lipinski definition) is 3. The maximum absolute atomic E-state index is 13.2. The fraction of sp³-hybridized carbons (Fsp3) is 0.310. The molecule has 5 rings (SSSR count). The van der Waals surface area contributed by atoms with Gasteiger partial charge in [0.1, 0.15) is 0 Å². The van der Waals surface area contributed by atoms with Crippen molar-refractivity contribution in [1.82, 2.24) is 19.8 Å². The third kappa shape index (κ3) is 4.08. The largest absolute Gasteiger partial charge is 0.361 e. The Hall–Kier alpha value is -3.64. The molecule has 2 aromatic heterocycles. The Morgan fingerprint density at radius 1 is 1.11 bits per heavy atom. The molecule has 35 heavy (non-hydrogen) atoms. The molecule has 0 spiro atoms. The zero-order chi connectivity index (χ0) is 24.5. The molecule has 1 unspecified atom stereocenters. The molecule has 0 aliphatic carbocycles. The van der Waals surface area contributed by atoms with Crippen molar-refractivity contribution in [2.45, 2.75) is 45.2 Å². The van der Waals surface area contributed by atoms with Crippen LogP contribution in [0.4, 0.5) is 0 Å². The molecule has 1 atom stereocenters. The number of piperidine rings is 1. The van der Waals surface area contributed by atoms with Gasteiger partial charge in [-0.3, -0.25) is 14.9 Å². The van der Waals surface area contributed by atoms with Gasteiger partial charge in [-0.05, 0) is 51.9 Å². The van der Waals surface area contributed by atoms with Crippen molar-refractivity contribution in [3.05, 3.63) is 71.7 Å². The third-order valence-electron chi connectivity index (χ3n) is 7.37. The van der Waals surface area contributed by atoms with Crippen molar-refractivity contribution in [2.75, 3.05) is 13.6 Å². The summed E-state index contributed by atoms with van der Waals surface area (Å²) in [5.74, 6) is -0.723. The molecule has 6 nitrogen and oxygen atoms in total. The van der Waals surface area contributed by atoms with Gasteiger partial charge in [-0.15, -0.1) is 0 Å². The first-order valence-corrected chi connectivity index (χ1v) is 12.4. The fourth-order valence-corrected chi connectivity index (χ4v) is 5.57. The van der Waals surface area contributed by atoms with E-state index in [2.05, 4.69) is 45.7 Å². The van der Waals surface area contributed by atoms with Crippen molar-refractivity contribution in [2.24, 2.45) is 0 Å². The number of fused-ring (bicyclic) bond motifs is 1. The molecule has 0 bridgehead atoms. The van der Waals surface area contributed by atoms with Gasteiger partial charge in [0, 0.05) is 58.3 Å². The van der Waals surface area contributed by atoms with Crippen LogP contribution in [-0.2, 0) is 16.1 Å². The Labute approximate surface area is 206 Å². The number of nitrogens with zero attached hydrogens (tertiary/aromatic N) is 2. The number of hydrogen-bond donors (Lipinski definition) is 2. The summed E-state index contributed by atoms with van der Waals surface area (Å²) >= 11 is 0. The predicted molar refractivity (Wildman–Crippen MR) is 142 cm³/mol. The van der Waals surface area contributed by atoms with Gasteiger partial charge in [-0.2, -0.15) is 0 Å². The van der Waals surface area contributed by atoms with E-state index in [0.717, 1.165) is 47.2 Å². The molecule has 2 amide bonds. The quantitative estimate of drug-likeness (QED) is 0.475. The Kier molecular flexibility index (Phi) is 6.31. The molecule has 0 radical (unpaired) electrons. The first-order valence-electron chi connectivity index (χ1n) is 12.4. The second-order valence-corrected chi connectivity index (χ2v) is 9.44. The van der Waals surface area contributed by atoms with Gasteiger partial charge in [-0.25, -0.2) is 0 Å². The number of likely N-dealkylation sites (tertiary alicyclic amines) is 1. The molecular formula is C29H32N4O2. The van der Waals surface area contributed by atoms with E-state index in [1.165, 1.54) is 19.3 Å². The Bertz CT molecular complexity index is 1370. The monoisotopic (exact) mass is 468 g/mol. The highest BCUT2D eigenvalue weighted by Crippen LogP contribution is 2.38. The minimum absolute atomic E-state index is 0.354. The van der Waals surface area contributed by atoms with E-state index in [4.69, 9.17) is 0 Å². The van der Waals surface area contributed by atoms with Gasteiger partial charge < -0.3 is 14.5 Å². The van der Waals surface area contributed by atoms with Gasteiger partial charge in [0.25, 0.3) is 11.8 Å². The number of rotatable bonds is 7. The summed E-state index contributed by atoms with van der Waals surface area (Å²) in [6.45, 7) is 7.82. The van der Waals surface area contributed by atoms with Crippen LogP contribution in [0.25, 0.3) is 34.2 Å². The van der Waals surface area contributed by atoms with Gasteiger partial charge >= 0.3 is 0 Å². The molecule has 1 fully saturated rings. The summed E-state index contributed by atoms with van der Waals surface area (Å²) in [5.41, 5.74) is 5.08. The average Bonchev–Trinajstić information content (AvgIpc) is 3.51. The topological polar surface area (TPSA) is 70.1 Å². The third-order valence-corrected chi connectivity index (χ3v) is 7.37. The SMILES string of the molecule is C=Cc1[nH]cc(C2=C(c3cn(CCC4CCCCN4C)c4ccccc34)C(=O)NC2=O)c1/C=C\C. The number of carbonyl (C=O) groups is 2. The first kappa shape index (κ1) is 23.1. The molecule has 2 aliphatic rings. The second kappa shape index (κ2) is 9.55. The Balaban J connectivity index is 1.62. The highest BCUT2D eigenvalue weighted by atomic mass is 16.2. The van der Waals surface area contributed by atoms with Crippen molar-refractivity contribution >= 4 is 46.0 Å². The van der Waals surface area contributed by atoms with Crippen molar-refractivity contribution in [3.63, 3.8) is 0 Å². The second-order valence-electron chi connectivity index (χ2n) is 9.44. The van der Waals surface area contributed by atoms with Crippen LogP contribution in [0.1, 0.15) is 55.0 Å². The molecule has 4 heterocycles. The van der Waals surface area contributed by atoms with Crippen molar-refractivity contribution in [1.29, 1.82) is 0 Å². The lowest BCUT2D eigenvalue weighted by Gasteiger charge is -2.32. The fourth-order valence-electron chi connectivity index (χ4n) is 5.57. The lowest BCUT2D eigenvalue weighted by atomic mass is 9.94. The lowest BCUT2D eigenvalue weighted by molar-refractivity contribution is -0.122. The number of amides is 2. The van der Waals surface area contributed by atoms with Crippen LogP contribution in [0.2, 0.25) is 0 Å². The number of benzene rings is 1. The van der Waals surface area contributed by atoms with Crippen molar-refractivity contribution < 1.29 is 9.59 Å². The van der Waals surface area contributed by atoms with Gasteiger partial charge in [0.2, 0.25) is 0 Å². The van der Waals surface area contributed by atoms with E-state index in [0.29, 0.717) is 22.8 Å². The first-order chi connectivity index (χ1) is 17.0. The van der Waals surface area contributed by atoms with E-state index >= 15 is 0 Å². The van der Waals surface area contributed by atoms with Crippen LogP contribution in [-0.4, -0.2) is 45.9 Å². The summed E-state index contributed by atoms with van der Waals surface area (Å²) < 4.78 is 2.24. The molecule has 0 saturated carbocycles. The minimum atomic E-state index is -0.369. The van der Waals surface area contributed by atoms with Crippen LogP contribution in [0.5, 0.6) is 0 Å². The number of nitrogens with one attached hydrogen (secondary N) is 2. The smallest absolute Gasteiger partial charge is 0.259 e. The Morgan fingerprint density at radius 3 is 2.63 bits per heavy atom. The predicted octanol–water partition coefficient (Wildman–Crippen LogP) is 5.09. The number of allylic oxidation sites excluding steroid dienone is 1. The maximum atomic E-state index is 13.2. The maximum Gasteiger partial charge on any atom is 0.259 e. The normalized spacial score (nSPS) is 19.3. The average molecular weight is 469 g/mol.